The average molecular weight is 445 g/mol. The highest BCUT2D eigenvalue weighted by atomic mass is 127. The Morgan fingerprint density at radius 1 is 1.29 bits per heavy atom. The molecule has 1 fully saturated rings. The molecule has 3 rings (SSSR count). The van der Waals surface area contributed by atoms with E-state index in [9.17, 15) is 0 Å². The highest BCUT2D eigenvalue weighted by Crippen LogP contribution is 2.32. The molecule has 1 aromatic rings. The third kappa shape index (κ3) is 4.68. The third-order valence-corrected chi connectivity index (χ3v) is 4.41. The summed E-state index contributed by atoms with van der Waals surface area (Å²) in [4.78, 5) is 7.19. The molecule has 0 aliphatic carbocycles. The van der Waals surface area contributed by atoms with Crippen LogP contribution in [0.15, 0.2) is 23.2 Å². The van der Waals surface area contributed by atoms with E-state index in [0.717, 1.165) is 50.1 Å². The van der Waals surface area contributed by atoms with Crippen molar-refractivity contribution in [3.8, 4) is 11.5 Å². The van der Waals surface area contributed by atoms with E-state index in [4.69, 9.17) is 14.5 Å². The molecule has 2 aliphatic rings. The molecule has 1 N–H and O–H groups in total. The normalized spacial score (nSPS) is 18.5. The topological polar surface area (TPSA) is 46.1 Å². The number of ether oxygens (including phenoxy) is 2. The number of halogens is 1. The maximum Gasteiger partial charge on any atom is 0.231 e. The van der Waals surface area contributed by atoms with Gasteiger partial charge in [0.2, 0.25) is 6.79 Å². The van der Waals surface area contributed by atoms with Crippen LogP contribution >= 0.6 is 24.0 Å². The lowest BCUT2D eigenvalue weighted by molar-refractivity contribution is 0.174. The number of nitrogens with zero attached hydrogens (tertiary/aromatic N) is 2. The summed E-state index contributed by atoms with van der Waals surface area (Å²) in [6, 6.07) is 6.13. The second kappa shape index (κ2) is 8.27. The molecule has 5 nitrogen and oxygen atoms in total. The van der Waals surface area contributed by atoms with Gasteiger partial charge in [-0.2, -0.15) is 0 Å². The van der Waals surface area contributed by atoms with Gasteiger partial charge in [-0.25, -0.2) is 0 Å². The number of guanidine groups is 1. The van der Waals surface area contributed by atoms with Crippen LogP contribution in [0.4, 0.5) is 0 Å². The SMILES string of the molecule is CCNC(=NCCc1ccc2c(c1)OCO2)N1CCC(C)(C)C1.I. The Kier molecular flexibility index (Phi) is 6.60. The van der Waals surface area contributed by atoms with Crippen molar-refractivity contribution in [2.45, 2.75) is 33.6 Å². The standard InChI is InChI=1S/C18H27N3O2.HI/c1-4-19-17(21-10-8-18(2,3)12-21)20-9-7-14-5-6-15-16(11-14)23-13-22-15;/h5-6,11H,4,7-10,12-13H2,1-3H3,(H,19,20);1H. The van der Waals surface area contributed by atoms with Gasteiger partial charge in [-0.05, 0) is 42.9 Å². The quantitative estimate of drug-likeness (QED) is 0.439. The van der Waals surface area contributed by atoms with Gasteiger partial charge in [-0.1, -0.05) is 19.9 Å². The average Bonchev–Trinajstić information content (AvgIpc) is 3.12. The van der Waals surface area contributed by atoms with Gasteiger partial charge < -0.3 is 19.7 Å². The highest BCUT2D eigenvalue weighted by molar-refractivity contribution is 14.0. The van der Waals surface area contributed by atoms with E-state index in [1.165, 1.54) is 12.0 Å². The molecule has 0 bridgehead atoms. The second-order valence-corrected chi connectivity index (χ2v) is 7.01. The first kappa shape index (κ1) is 19.1. The lowest BCUT2D eigenvalue weighted by atomic mass is 9.93. The minimum atomic E-state index is 0. The van der Waals surface area contributed by atoms with Gasteiger partial charge in [0, 0.05) is 26.2 Å². The van der Waals surface area contributed by atoms with Crippen LogP contribution in [0.1, 0.15) is 32.8 Å². The first-order chi connectivity index (χ1) is 11.1. The molecule has 0 saturated carbocycles. The largest absolute Gasteiger partial charge is 0.454 e. The number of hydrogen-bond acceptors (Lipinski definition) is 3. The van der Waals surface area contributed by atoms with E-state index < -0.39 is 0 Å². The van der Waals surface area contributed by atoms with E-state index in [2.05, 4.69) is 43.1 Å². The Hall–Kier alpha value is -1.18. The summed E-state index contributed by atoms with van der Waals surface area (Å²) in [6.45, 7) is 10.9. The van der Waals surface area contributed by atoms with Gasteiger partial charge in [0.1, 0.15) is 0 Å². The number of nitrogens with one attached hydrogen (secondary N) is 1. The number of fused-ring (bicyclic) bond motifs is 1. The van der Waals surface area contributed by atoms with Gasteiger partial charge in [0.25, 0.3) is 0 Å². The molecule has 0 amide bonds. The van der Waals surface area contributed by atoms with E-state index in [1.807, 2.05) is 6.07 Å². The molecule has 0 radical (unpaired) electrons. The molecule has 1 aromatic carbocycles. The van der Waals surface area contributed by atoms with E-state index in [1.54, 1.807) is 0 Å². The van der Waals surface area contributed by atoms with Crippen LogP contribution in [0.25, 0.3) is 0 Å². The van der Waals surface area contributed by atoms with Crippen molar-refractivity contribution in [1.82, 2.24) is 10.2 Å². The zero-order valence-corrected chi connectivity index (χ0v) is 17.1. The van der Waals surface area contributed by atoms with Crippen LogP contribution < -0.4 is 14.8 Å². The Morgan fingerprint density at radius 2 is 2.08 bits per heavy atom. The Balaban J connectivity index is 0.00000208. The summed E-state index contributed by atoms with van der Waals surface area (Å²) in [5.74, 6) is 2.73. The van der Waals surface area contributed by atoms with Gasteiger partial charge in [0.15, 0.2) is 17.5 Å². The molecule has 1 saturated heterocycles. The van der Waals surface area contributed by atoms with Crippen molar-refractivity contribution in [1.29, 1.82) is 0 Å². The monoisotopic (exact) mass is 445 g/mol. The van der Waals surface area contributed by atoms with Gasteiger partial charge in [-0.3, -0.25) is 4.99 Å². The fourth-order valence-corrected chi connectivity index (χ4v) is 3.11. The molecular formula is C18H28IN3O2. The Morgan fingerprint density at radius 3 is 2.79 bits per heavy atom. The van der Waals surface area contributed by atoms with Gasteiger partial charge in [0.05, 0.1) is 0 Å². The van der Waals surface area contributed by atoms with Crippen molar-refractivity contribution in [3.05, 3.63) is 23.8 Å². The summed E-state index contributed by atoms with van der Waals surface area (Å²) in [5, 5.41) is 3.42. The van der Waals surface area contributed by atoms with Crippen molar-refractivity contribution >= 4 is 29.9 Å². The molecular weight excluding hydrogens is 417 g/mol. The van der Waals surface area contributed by atoms with Crippen molar-refractivity contribution in [2.24, 2.45) is 10.4 Å². The van der Waals surface area contributed by atoms with Crippen LogP contribution in [-0.4, -0.2) is 43.8 Å². The summed E-state index contributed by atoms with van der Waals surface area (Å²) >= 11 is 0. The van der Waals surface area contributed by atoms with Crippen LogP contribution in [0.3, 0.4) is 0 Å². The lowest BCUT2D eigenvalue weighted by Gasteiger charge is -2.23. The Labute approximate surface area is 161 Å². The van der Waals surface area contributed by atoms with Crippen LogP contribution in [0.5, 0.6) is 11.5 Å². The van der Waals surface area contributed by atoms with Crippen LogP contribution in [0.2, 0.25) is 0 Å². The van der Waals surface area contributed by atoms with E-state index >= 15 is 0 Å². The number of aliphatic imine (C=N–C) groups is 1. The van der Waals surface area contributed by atoms with E-state index in [0.29, 0.717) is 12.2 Å². The molecule has 0 unspecified atom stereocenters. The number of hydrogen-bond donors (Lipinski definition) is 1. The molecule has 2 aliphatic heterocycles. The third-order valence-electron chi connectivity index (χ3n) is 4.41. The predicted octanol–water partition coefficient (Wildman–Crippen LogP) is 3.27. The minimum absolute atomic E-state index is 0. The predicted molar refractivity (Wildman–Crippen MR) is 108 cm³/mol. The number of rotatable bonds is 4. The minimum Gasteiger partial charge on any atom is -0.454 e. The van der Waals surface area contributed by atoms with Crippen LogP contribution in [-0.2, 0) is 6.42 Å². The van der Waals surface area contributed by atoms with Crippen molar-refractivity contribution < 1.29 is 9.47 Å². The first-order valence-corrected chi connectivity index (χ1v) is 8.49. The fraction of sp³-hybridized carbons (Fsp3) is 0.611. The van der Waals surface area contributed by atoms with E-state index in [-0.39, 0.29) is 24.0 Å². The van der Waals surface area contributed by atoms with Crippen molar-refractivity contribution in [2.75, 3.05) is 33.0 Å². The summed E-state index contributed by atoms with van der Waals surface area (Å²) in [6.07, 6.45) is 2.13. The maximum atomic E-state index is 5.43. The van der Waals surface area contributed by atoms with Gasteiger partial charge in [-0.15, -0.1) is 24.0 Å². The number of benzene rings is 1. The maximum absolute atomic E-state index is 5.43. The Bertz CT molecular complexity index is 590. The molecule has 2 heterocycles. The molecule has 0 spiro atoms. The van der Waals surface area contributed by atoms with Crippen molar-refractivity contribution in [3.63, 3.8) is 0 Å². The smallest absolute Gasteiger partial charge is 0.231 e. The van der Waals surface area contributed by atoms with Crippen LogP contribution in [0, 0.1) is 5.41 Å². The zero-order chi connectivity index (χ0) is 16.3. The molecule has 0 aromatic heterocycles. The second-order valence-electron chi connectivity index (χ2n) is 7.01. The summed E-state index contributed by atoms with van der Waals surface area (Å²) in [7, 11) is 0. The van der Waals surface area contributed by atoms with Gasteiger partial charge >= 0.3 is 0 Å². The summed E-state index contributed by atoms with van der Waals surface area (Å²) in [5.41, 5.74) is 1.61. The molecule has 6 heteroatoms. The fourth-order valence-electron chi connectivity index (χ4n) is 3.11. The zero-order valence-electron chi connectivity index (χ0n) is 14.8. The molecule has 24 heavy (non-hydrogen) atoms. The number of likely N-dealkylation sites (tertiary alicyclic amines) is 1. The highest BCUT2D eigenvalue weighted by Gasteiger charge is 2.30. The molecule has 134 valence electrons. The first-order valence-electron chi connectivity index (χ1n) is 8.49. The summed E-state index contributed by atoms with van der Waals surface area (Å²) < 4.78 is 10.8. The molecule has 0 atom stereocenters. The lowest BCUT2D eigenvalue weighted by Crippen LogP contribution is -2.40.